The van der Waals surface area contributed by atoms with Crippen molar-refractivity contribution in [2.75, 3.05) is 5.43 Å². The number of hydrogen-bond acceptors (Lipinski definition) is 4. The van der Waals surface area contributed by atoms with Gasteiger partial charge in [0.1, 0.15) is 0 Å². The van der Waals surface area contributed by atoms with Crippen LogP contribution in [0, 0.1) is 0 Å². The Hall–Kier alpha value is -3.24. The maximum Gasteiger partial charge on any atom is 0.203 e. The van der Waals surface area contributed by atoms with Gasteiger partial charge in [0.05, 0.1) is 11.9 Å². The number of anilines is 1. The van der Waals surface area contributed by atoms with Crippen molar-refractivity contribution >= 4 is 22.7 Å². The Morgan fingerprint density at radius 3 is 2.22 bits per heavy atom. The van der Waals surface area contributed by atoms with Gasteiger partial charge in [0.25, 0.3) is 0 Å². The van der Waals surface area contributed by atoms with Crippen LogP contribution in [-0.4, -0.2) is 11.2 Å². The molecule has 0 aliphatic rings. The highest BCUT2D eigenvalue weighted by Crippen LogP contribution is 2.25. The van der Waals surface area contributed by atoms with E-state index in [1.165, 1.54) is 11.1 Å². The Balaban J connectivity index is 1.40. The number of thiazole rings is 1. The molecule has 132 valence electrons. The molecule has 1 heterocycles. The molecule has 0 unspecified atom stereocenters. The summed E-state index contributed by atoms with van der Waals surface area (Å²) < 4.78 is 0. The van der Waals surface area contributed by atoms with Crippen LogP contribution in [0.2, 0.25) is 0 Å². The summed E-state index contributed by atoms with van der Waals surface area (Å²) in [6.45, 7) is 0. The minimum Gasteiger partial charge on any atom is -0.253 e. The number of benzene rings is 3. The molecule has 0 aliphatic carbocycles. The highest BCUT2D eigenvalue weighted by molar-refractivity contribution is 7.14. The van der Waals surface area contributed by atoms with Gasteiger partial charge in [0, 0.05) is 10.9 Å². The average molecular weight is 369 g/mol. The monoisotopic (exact) mass is 369 g/mol. The standard InChI is InChI=1S/C23H19N3S/c1-3-7-18(8-4-1)15-19-11-13-21(14-12-19)22-17-27-23(25-22)26-24-16-20-9-5-2-6-10-20/h1-14,16-17H,15H2,(H,25,26)/b24-16-. The maximum atomic E-state index is 4.62. The van der Waals surface area contributed by atoms with E-state index in [0.29, 0.717) is 0 Å². The normalized spacial score (nSPS) is 11.0. The van der Waals surface area contributed by atoms with Gasteiger partial charge < -0.3 is 0 Å². The van der Waals surface area contributed by atoms with Crippen LogP contribution in [0.3, 0.4) is 0 Å². The van der Waals surface area contributed by atoms with Gasteiger partial charge in [-0.25, -0.2) is 4.98 Å². The Morgan fingerprint density at radius 1 is 0.815 bits per heavy atom. The molecule has 3 nitrogen and oxygen atoms in total. The Kier molecular flexibility index (Phi) is 5.36. The first-order chi connectivity index (χ1) is 13.4. The quantitative estimate of drug-likeness (QED) is 0.342. The summed E-state index contributed by atoms with van der Waals surface area (Å²) in [6.07, 6.45) is 2.73. The van der Waals surface area contributed by atoms with Gasteiger partial charge in [0.15, 0.2) is 0 Å². The molecule has 0 saturated carbocycles. The molecular formula is C23H19N3S. The summed E-state index contributed by atoms with van der Waals surface area (Å²) in [5.41, 5.74) is 8.75. The van der Waals surface area contributed by atoms with Crippen LogP contribution in [0.4, 0.5) is 5.13 Å². The molecule has 4 rings (SSSR count). The van der Waals surface area contributed by atoms with E-state index in [-0.39, 0.29) is 0 Å². The molecule has 4 heteroatoms. The lowest BCUT2D eigenvalue weighted by molar-refractivity contribution is 1.19. The van der Waals surface area contributed by atoms with Crippen LogP contribution >= 0.6 is 11.3 Å². The zero-order valence-electron chi connectivity index (χ0n) is 14.7. The number of aromatic nitrogens is 1. The SMILES string of the molecule is C(=N/Nc1nc(-c2ccc(Cc3ccccc3)cc2)cs1)/c1ccccc1. The van der Waals surface area contributed by atoms with Gasteiger partial charge in [-0.05, 0) is 23.1 Å². The lowest BCUT2D eigenvalue weighted by Gasteiger charge is -2.03. The van der Waals surface area contributed by atoms with Crippen LogP contribution in [0.25, 0.3) is 11.3 Å². The van der Waals surface area contributed by atoms with Crippen LogP contribution in [-0.2, 0) is 6.42 Å². The number of nitrogens with zero attached hydrogens (tertiary/aromatic N) is 2. The van der Waals surface area contributed by atoms with E-state index in [2.05, 4.69) is 64.0 Å². The molecule has 0 amide bonds. The number of hydrazone groups is 1. The molecule has 0 bridgehead atoms. The van der Waals surface area contributed by atoms with Crippen molar-refractivity contribution in [1.82, 2.24) is 4.98 Å². The molecule has 0 aliphatic heterocycles. The van der Waals surface area contributed by atoms with Gasteiger partial charge in [-0.1, -0.05) is 84.9 Å². The molecule has 0 atom stereocenters. The van der Waals surface area contributed by atoms with E-state index in [9.17, 15) is 0 Å². The van der Waals surface area contributed by atoms with Crippen molar-refractivity contribution in [1.29, 1.82) is 0 Å². The third-order valence-electron chi connectivity index (χ3n) is 4.18. The smallest absolute Gasteiger partial charge is 0.203 e. The maximum absolute atomic E-state index is 4.62. The molecule has 27 heavy (non-hydrogen) atoms. The summed E-state index contributed by atoms with van der Waals surface area (Å²) in [7, 11) is 0. The van der Waals surface area contributed by atoms with Gasteiger partial charge in [-0.15, -0.1) is 11.3 Å². The van der Waals surface area contributed by atoms with Gasteiger partial charge in [-0.3, -0.25) is 5.43 Å². The van der Waals surface area contributed by atoms with Crippen molar-refractivity contribution in [2.45, 2.75) is 6.42 Å². The van der Waals surface area contributed by atoms with E-state index in [4.69, 9.17) is 0 Å². The van der Waals surface area contributed by atoms with Crippen LogP contribution in [0.15, 0.2) is 95.4 Å². The van der Waals surface area contributed by atoms with Crippen LogP contribution in [0.1, 0.15) is 16.7 Å². The Bertz CT molecular complexity index is 1010. The zero-order chi connectivity index (χ0) is 18.3. The van der Waals surface area contributed by atoms with Crippen LogP contribution in [0.5, 0.6) is 0 Å². The topological polar surface area (TPSA) is 37.3 Å². The second-order valence-corrected chi connectivity index (χ2v) is 7.04. The minimum absolute atomic E-state index is 0.783. The Labute approximate surface area is 163 Å². The van der Waals surface area contributed by atoms with E-state index >= 15 is 0 Å². The Morgan fingerprint density at radius 2 is 1.48 bits per heavy atom. The molecule has 0 spiro atoms. The minimum atomic E-state index is 0.783. The molecular weight excluding hydrogens is 350 g/mol. The molecule has 4 aromatic rings. The number of nitrogens with one attached hydrogen (secondary N) is 1. The molecule has 1 N–H and O–H groups in total. The summed E-state index contributed by atoms with van der Waals surface area (Å²) >= 11 is 1.55. The highest BCUT2D eigenvalue weighted by Gasteiger charge is 2.04. The fourth-order valence-corrected chi connectivity index (χ4v) is 3.45. The molecule has 0 fully saturated rings. The summed E-state index contributed by atoms with van der Waals surface area (Å²) in [5.74, 6) is 0. The summed E-state index contributed by atoms with van der Waals surface area (Å²) in [5, 5.41) is 7.08. The first-order valence-electron chi connectivity index (χ1n) is 8.80. The first kappa shape index (κ1) is 17.2. The summed E-state index contributed by atoms with van der Waals surface area (Å²) in [4.78, 5) is 4.62. The van der Waals surface area contributed by atoms with E-state index in [1.807, 2.05) is 41.8 Å². The van der Waals surface area contributed by atoms with Crippen molar-refractivity contribution in [3.05, 3.63) is 107 Å². The van der Waals surface area contributed by atoms with Gasteiger partial charge >= 0.3 is 0 Å². The molecule has 0 saturated heterocycles. The van der Waals surface area contributed by atoms with Gasteiger partial charge in [0.2, 0.25) is 5.13 Å². The second kappa shape index (κ2) is 8.43. The predicted molar refractivity (Wildman–Crippen MR) is 114 cm³/mol. The predicted octanol–water partition coefficient (Wildman–Crippen LogP) is 5.85. The zero-order valence-corrected chi connectivity index (χ0v) is 15.6. The summed E-state index contributed by atoms with van der Waals surface area (Å²) in [6, 6.07) is 29.1. The third kappa shape index (κ3) is 4.68. The van der Waals surface area contributed by atoms with E-state index in [0.717, 1.165) is 28.4 Å². The van der Waals surface area contributed by atoms with Gasteiger partial charge in [-0.2, -0.15) is 5.10 Å². The number of hydrogen-bond donors (Lipinski definition) is 1. The molecule has 1 aromatic heterocycles. The van der Waals surface area contributed by atoms with E-state index < -0.39 is 0 Å². The highest BCUT2D eigenvalue weighted by atomic mass is 32.1. The van der Waals surface area contributed by atoms with Crippen molar-refractivity contribution in [2.24, 2.45) is 5.10 Å². The van der Waals surface area contributed by atoms with Crippen molar-refractivity contribution in [3.8, 4) is 11.3 Å². The largest absolute Gasteiger partial charge is 0.253 e. The van der Waals surface area contributed by atoms with Crippen LogP contribution < -0.4 is 5.43 Å². The second-order valence-electron chi connectivity index (χ2n) is 6.18. The first-order valence-corrected chi connectivity index (χ1v) is 9.68. The fraction of sp³-hybridized carbons (Fsp3) is 0.0435. The lowest BCUT2D eigenvalue weighted by Crippen LogP contribution is -1.90. The van der Waals surface area contributed by atoms with Crippen molar-refractivity contribution in [3.63, 3.8) is 0 Å². The van der Waals surface area contributed by atoms with Crippen molar-refractivity contribution < 1.29 is 0 Å². The van der Waals surface area contributed by atoms with E-state index in [1.54, 1.807) is 17.6 Å². The molecule has 0 radical (unpaired) electrons. The third-order valence-corrected chi connectivity index (χ3v) is 4.93. The lowest BCUT2D eigenvalue weighted by atomic mass is 10.0. The number of rotatable bonds is 6. The molecule has 3 aromatic carbocycles. The fourth-order valence-electron chi connectivity index (χ4n) is 2.78. The average Bonchev–Trinajstić information content (AvgIpc) is 3.19.